The van der Waals surface area contributed by atoms with Crippen molar-refractivity contribution in [2.24, 2.45) is 5.73 Å². The molecular weight excluding hydrogens is 190 g/mol. The summed E-state index contributed by atoms with van der Waals surface area (Å²) in [5.74, 6) is -0.450. The maximum absolute atomic E-state index is 11.6. The first-order chi connectivity index (χ1) is 7.15. The van der Waals surface area contributed by atoms with Gasteiger partial charge in [-0.3, -0.25) is 0 Å². The van der Waals surface area contributed by atoms with Crippen LogP contribution in [-0.4, -0.2) is 13.1 Å². The zero-order valence-corrected chi connectivity index (χ0v) is 8.77. The highest BCUT2D eigenvalue weighted by atomic mass is 16.5. The van der Waals surface area contributed by atoms with Crippen LogP contribution in [0, 0.1) is 0 Å². The Morgan fingerprint density at radius 3 is 2.60 bits per heavy atom. The molecule has 0 radical (unpaired) electrons. The highest BCUT2D eigenvalue weighted by Gasteiger charge is 2.35. The minimum absolute atomic E-state index is 0.351. The number of hydrogen-bond acceptors (Lipinski definition) is 3. The number of benzene rings is 1. The van der Waals surface area contributed by atoms with E-state index in [1.54, 1.807) is 18.2 Å². The lowest BCUT2D eigenvalue weighted by Crippen LogP contribution is -2.45. The molecule has 0 amide bonds. The largest absolute Gasteiger partial charge is 0.467 e. The number of nitrogens with two attached hydrogens (primary N) is 1. The summed E-state index contributed by atoms with van der Waals surface area (Å²) in [5, 5.41) is 0. The lowest BCUT2D eigenvalue weighted by atomic mass is 9.88. The van der Waals surface area contributed by atoms with Crippen molar-refractivity contribution in [3.05, 3.63) is 48.6 Å². The summed E-state index contributed by atoms with van der Waals surface area (Å²) in [5.41, 5.74) is 5.64. The molecule has 80 valence electrons. The van der Waals surface area contributed by atoms with Crippen LogP contribution >= 0.6 is 0 Å². The summed E-state index contributed by atoms with van der Waals surface area (Å²) in [6, 6.07) is 9.15. The summed E-state index contributed by atoms with van der Waals surface area (Å²) in [6.45, 7) is 3.60. The van der Waals surface area contributed by atoms with Gasteiger partial charge in [0, 0.05) is 0 Å². The van der Waals surface area contributed by atoms with E-state index in [0.29, 0.717) is 6.42 Å². The van der Waals surface area contributed by atoms with E-state index in [1.807, 2.05) is 18.2 Å². The fraction of sp³-hybridized carbons (Fsp3) is 0.250. The molecule has 1 atom stereocenters. The number of carbonyl (C=O) groups excluding carboxylic acids is 1. The monoisotopic (exact) mass is 205 g/mol. The molecule has 0 heterocycles. The van der Waals surface area contributed by atoms with Crippen LogP contribution in [0.2, 0.25) is 0 Å². The third-order valence-corrected chi connectivity index (χ3v) is 2.30. The minimum atomic E-state index is -1.13. The SMILES string of the molecule is C=CC[C@@](N)(C(=O)OC)c1ccccc1. The molecule has 0 spiro atoms. The van der Waals surface area contributed by atoms with Crippen molar-refractivity contribution in [2.45, 2.75) is 12.0 Å². The van der Waals surface area contributed by atoms with Crippen LogP contribution in [-0.2, 0) is 15.1 Å². The van der Waals surface area contributed by atoms with Gasteiger partial charge in [0.1, 0.15) is 5.54 Å². The second kappa shape index (κ2) is 4.75. The highest BCUT2D eigenvalue weighted by Crippen LogP contribution is 2.23. The van der Waals surface area contributed by atoms with E-state index in [2.05, 4.69) is 6.58 Å². The van der Waals surface area contributed by atoms with Gasteiger partial charge >= 0.3 is 5.97 Å². The fourth-order valence-corrected chi connectivity index (χ4v) is 1.46. The number of ether oxygens (including phenoxy) is 1. The Labute approximate surface area is 89.5 Å². The van der Waals surface area contributed by atoms with Gasteiger partial charge in [-0.15, -0.1) is 6.58 Å². The van der Waals surface area contributed by atoms with E-state index in [4.69, 9.17) is 10.5 Å². The van der Waals surface area contributed by atoms with Crippen molar-refractivity contribution >= 4 is 5.97 Å². The molecule has 1 aromatic rings. The Balaban J connectivity index is 3.12. The summed E-state index contributed by atoms with van der Waals surface area (Å²) in [4.78, 5) is 11.6. The number of rotatable bonds is 4. The summed E-state index contributed by atoms with van der Waals surface area (Å²) in [7, 11) is 1.33. The molecule has 0 bridgehead atoms. The van der Waals surface area contributed by atoms with E-state index in [0.717, 1.165) is 5.56 Å². The highest BCUT2D eigenvalue weighted by molar-refractivity contribution is 5.82. The van der Waals surface area contributed by atoms with Crippen LogP contribution in [0.5, 0.6) is 0 Å². The number of carbonyl (C=O) groups is 1. The Morgan fingerprint density at radius 1 is 1.53 bits per heavy atom. The average molecular weight is 205 g/mol. The third-order valence-electron chi connectivity index (χ3n) is 2.30. The zero-order valence-electron chi connectivity index (χ0n) is 8.77. The fourth-order valence-electron chi connectivity index (χ4n) is 1.46. The molecule has 1 aromatic carbocycles. The minimum Gasteiger partial charge on any atom is -0.467 e. The Hall–Kier alpha value is -1.61. The first-order valence-corrected chi connectivity index (χ1v) is 4.69. The van der Waals surface area contributed by atoms with Gasteiger partial charge in [-0.2, -0.15) is 0 Å². The average Bonchev–Trinajstić information content (AvgIpc) is 2.29. The van der Waals surface area contributed by atoms with Gasteiger partial charge in [0.05, 0.1) is 7.11 Å². The molecule has 2 N–H and O–H groups in total. The van der Waals surface area contributed by atoms with Crippen LogP contribution in [0.25, 0.3) is 0 Å². The van der Waals surface area contributed by atoms with Crippen molar-refractivity contribution < 1.29 is 9.53 Å². The van der Waals surface area contributed by atoms with E-state index in [1.165, 1.54) is 7.11 Å². The Morgan fingerprint density at radius 2 is 2.13 bits per heavy atom. The molecule has 0 aliphatic rings. The van der Waals surface area contributed by atoms with E-state index in [-0.39, 0.29) is 0 Å². The summed E-state index contributed by atoms with van der Waals surface area (Å²) < 4.78 is 4.71. The van der Waals surface area contributed by atoms with Gasteiger partial charge in [0.2, 0.25) is 0 Å². The molecule has 1 rings (SSSR count). The van der Waals surface area contributed by atoms with Crippen molar-refractivity contribution in [3.63, 3.8) is 0 Å². The molecule has 0 fully saturated rings. The van der Waals surface area contributed by atoms with Gasteiger partial charge in [-0.25, -0.2) is 4.79 Å². The maximum atomic E-state index is 11.6. The number of esters is 1. The van der Waals surface area contributed by atoms with Gasteiger partial charge in [0.15, 0.2) is 0 Å². The van der Waals surface area contributed by atoms with Gasteiger partial charge in [0.25, 0.3) is 0 Å². The summed E-state index contributed by atoms with van der Waals surface area (Å²) in [6.07, 6.45) is 1.97. The second-order valence-electron chi connectivity index (χ2n) is 3.32. The Kier molecular flexibility index (Phi) is 3.63. The van der Waals surface area contributed by atoms with Crippen molar-refractivity contribution in [1.29, 1.82) is 0 Å². The van der Waals surface area contributed by atoms with Crippen LogP contribution in [0.3, 0.4) is 0 Å². The van der Waals surface area contributed by atoms with Crippen LogP contribution in [0.15, 0.2) is 43.0 Å². The molecule has 0 unspecified atom stereocenters. The van der Waals surface area contributed by atoms with E-state index in [9.17, 15) is 4.79 Å². The van der Waals surface area contributed by atoms with Gasteiger partial charge in [-0.05, 0) is 12.0 Å². The van der Waals surface area contributed by atoms with Crippen molar-refractivity contribution in [3.8, 4) is 0 Å². The summed E-state index contributed by atoms with van der Waals surface area (Å²) >= 11 is 0. The van der Waals surface area contributed by atoms with Crippen LogP contribution in [0.1, 0.15) is 12.0 Å². The molecular formula is C12H15NO2. The van der Waals surface area contributed by atoms with Crippen molar-refractivity contribution in [1.82, 2.24) is 0 Å². The smallest absolute Gasteiger partial charge is 0.330 e. The quantitative estimate of drug-likeness (QED) is 0.600. The predicted molar refractivity (Wildman–Crippen MR) is 59.1 cm³/mol. The van der Waals surface area contributed by atoms with Gasteiger partial charge in [-0.1, -0.05) is 36.4 Å². The molecule has 0 aliphatic heterocycles. The van der Waals surface area contributed by atoms with E-state index >= 15 is 0 Å². The maximum Gasteiger partial charge on any atom is 0.330 e. The number of methoxy groups -OCH3 is 1. The predicted octanol–water partition coefficient (Wildman–Crippen LogP) is 1.59. The molecule has 3 nitrogen and oxygen atoms in total. The molecule has 3 heteroatoms. The molecule has 15 heavy (non-hydrogen) atoms. The van der Waals surface area contributed by atoms with Crippen LogP contribution < -0.4 is 5.73 Å². The first kappa shape index (κ1) is 11.5. The van der Waals surface area contributed by atoms with E-state index < -0.39 is 11.5 Å². The molecule has 0 aliphatic carbocycles. The molecule has 0 saturated heterocycles. The second-order valence-corrected chi connectivity index (χ2v) is 3.32. The van der Waals surface area contributed by atoms with Crippen molar-refractivity contribution in [2.75, 3.05) is 7.11 Å². The normalized spacial score (nSPS) is 14.0. The van der Waals surface area contributed by atoms with Gasteiger partial charge < -0.3 is 10.5 Å². The third kappa shape index (κ3) is 2.25. The van der Waals surface area contributed by atoms with Crippen LogP contribution in [0.4, 0.5) is 0 Å². The first-order valence-electron chi connectivity index (χ1n) is 4.69. The lowest BCUT2D eigenvalue weighted by molar-refractivity contribution is -0.147. The molecule has 0 saturated carbocycles. The number of hydrogen-bond donors (Lipinski definition) is 1. The zero-order chi connectivity index (χ0) is 11.3. The topological polar surface area (TPSA) is 52.3 Å². The molecule has 0 aromatic heterocycles. The Bertz CT molecular complexity index is 348. The lowest BCUT2D eigenvalue weighted by Gasteiger charge is -2.25. The standard InChI is InChI=1S/C12H15NO2/c1-3-9-12(13,11(14)15-2)10-7-5-4-6-8-10/h3-8H,1,9,13H2,2H3/t12-/m0/s1.